The molecule has 1 aliphatic carbocycles. The molecule has 4 rings (SSSR count). The maximum Gasteiger partial charge on any atom is 0.243 e. The zero-order valence-electron chi connectivity index (χ0n) is 18.3. The van der Waals surface area contributed by atoms with Crippen LogP contribution < -0.4 is 5.32 Å². The number of amides is 1. The molecule has 1 amide bonds. The number of hydrogen-bond acceptors (Lipinski definition) is 4. The highest BCUT2D eigenvalue weighted by Gasteiger charge is 2.30. The Bertz CT molecular complexity index is 1060. The molecule has 0 aromatic heterocycles. The van der Waals surface area contributed by atoms with E-state index < -0.39 is 10.0 Å². The largest absolute Gasteiger partial charge is 0.348 e. The van der Waals surface area contributed by atoms with Gasteiger partial charge >= 0.3 is 0 Å². The smallest absolute Gasteiger partial charge is 0.243 e. The van der Waals surface area contributed by atoms with E-state index in [1.54, 1.807) is 12.1 Å². The Labute approximate surface area is 185 Å². The lowest BCUT2D eigenvalue weighted by atomic mass is 9.88. The van der Waals surface area contributed by atoms with Crippen molar-refractivity contribution in [2.45, 2.75) is 44.0 Å². The summed E-state index contributed by atoms with van der Waals surface area (Å²) < 4.78 is 27.5. The van der Waals surface area contributed by atoms with Gasteiger partial charge in [-0.3, -0.25) is 9.69 Å². The van der Waals surface area contributed by atoms with Crippen molar-refractivity contribution in [3.05, 3.63) is 64.7 Å². The van der Waals surface area contributed by atoms with Gasteiger partial charge in [-0.1, -0.05) is 30.3 Å². The SMILES string of the molecule is Cc1ccc(S(=O)(=O)N2CCN(CC(=O)N[C@@H]3CCCc4ccccc43)CC2)cc1C. The Morgan fingerprint density at radius 2 is 1.77 bits per heavy atom. The number of piperazine rings is 1. The van der Waals surface area contributed by atoms with E-state index in [0.717, 1.165) is 30.4 Å². The summed E-state index contributed by atoms with van der Waals surface area (Å²) in [6.45, 7) is 6.11. The van der Waals surface area contributed by atoms with Crippen LogP contribution in [0.3, 0.4) is 0 Å². The van der Waals surface area contributed by atoms with E-state index in [1.165, 1.54) is 15.4 Å². The first-order chi connectivity index (χ1) is 14.8. The zero-order valence-corrected chi connectivity index (χ0v) is 19.1. The maximum atomic E-state index is 13.0. The van der Waals surface area contributed by atoms with Crippen molar-refractivity contribution >= 4 is 15.9 Å². The van der Waals surface area contributed by atoms with Gasteiger partial charge < -0.3 is 5.32 Å². The standard InChI is InChI=1S/C24H31N3O3S/c1-18-10-11-21(16-19(18)2)31(29,30)27-14-12-26(13-15-27)17-24(28)25-23-9-5-7-20-6-3-4-8-22(20)23/h3-4,6,8,10-11,16,23H,5,7,9,12-15,17H2,1-2H3,(H,25,28)/t23-/m1/s1. The van der Waals surface area contributed by atoms with E-state index in [2.05, 4.69) is 23.5 Å². The molecule has 6 nitrogen and oxygen atoms in total. The van der Waals surface area contributed by atoms with Crippen LogP contribution in [-0.2, 0) is 21.2 Å². The molecule has 0 bridgehead atoms. The first-order valence-electron chi connectivity index (χ1n) is 11.0. The van der Waals surface area contributed by atoms with E-state index in [4.69, 9.17) is 0 Å². The van der Waals surface area contributed by atoms with Gasteiger partial charge in [-0.15, -0.1) is 0 Å². The highest BCUT2D eigenvalue weighted by Crippen LogP contribution is 2.29. The van der Waals surface area contributed by atoms with Gasteiger partial charge in [-0.2, -0.15) is 4.31 Å². The number of rotatable bonds is 5. The number of benzene rings is 2. The molecular formula is C24H31N3O3S. The lowest BCUT2D eigenvalue weighted by molar-refractivity contribution is -0.123. The number of nitrogens with zero attached hydrogens (tertiary/aromatic N) is 2. The fourth-order valence-electron chi connectivity index (χ4n) is 4.50. The van der Waals surface area contributed by atoms with Crippen LogP contribution in [0.15, 0.2) is 47.4 Å². The highest BCUT2D eigenvalue weighted by atomic mass is 32.2. The summed E-state index contributed by atoms with van der Waals surface area (Å²) in [4.78, 5) is 15.1. The molecule has 1 N–H and O–H groups in total. The quantitative estimate of drug-likeness (QED) is 0.775. The second kappa shape index (κ2) is 9.10. The molecule has 2 aromatic rings. The molecule has 2 aromatic carbocycles. The van der Waals surface area contributed by atoms with Gasteiger partial charge in [0.25, 0.3) is 0 Å². The number of hydrogen-bond donors (Lipinski definition) is 1. The van der Waals surface area contributed by atoms with Gasteiger partial charge in [0.2, 0.25) is 15.9 Å². The monoisotopic (exact) mass is 441 g/mol. The van der Waals surface area contributed by atoms with Gasteiger partial charge in [0.05, 0.1) is 17.5 Å². The summed E-state index contributed by atoms with van der Waals surface area (Å²) in [6.07, 6.45) is 3.11. The van der Waals surface area contributed by atoms with Crippen LogP contribution in [0, 0.1) is 13.8 Å². The Balaban J connectivity index is 1.32. The molecule has 7 heteroatoms. The molecule has 31 heavy (non-hydrogen) atoms. The number of carbonyl (C=O) groups is 1. The minimum Gasteiger partial charge on any atom is -0.348 e. The Hall–Kier alpha value is -2.22. The predicted octanol–water partition coefficient (Wildman–Crippen LogP) is 2.80. The normalized spacial score (nSPS) is 20.3. The molecular weight excluding hydrogens is 410 g/mol. The highest BCUT2D eigenvalue weighted by molar-refractivity contribution is 7.89. The van der Waals surface area contributed by atoms with Gasteiger partial charge in [0, 0.05) is 26.2 Å². The molecule has 0 spiro atoms. The molecule has 166 valence electrons. The molecule has 1 aliphatic heterocycles. The molecule has 1 atom stereocenters. The number of sulfonamides is 1. The van der Waals surface area contributed by atoms with E-state index >= 15 is 0 Å². The van der Waals surface area contributed by atoms with Gasteiger partial charge in [0.1, 0.15) is 0 Å². The maximum absolute atomic E-state index is 13.0. The summed E-state index contributed by atoms with van der Waals surface area (Å²) in [7, 11) is -3.50. The van der Waals surface area contributed by atoms with Gasteiger partial charge in [-0.05, 0) is 67.5 Å². The molecule has 1 heterocycles. The molecule has 0 unspecified atom stereocenters. The van der Waals surface area contributed by atoms with Crippen LogP contribution in [-0.4, -0.2) is 56.3 Å². The number of fused-ring (bicyclic) bond motifs is 1. The lowest BCUT2D eigenvalue weighted by Gasteiger charge is -2.34. The predicted molar refractivity (Wildman–Crippen MR) is 121 cm³/mol. The zero-order chi connectivity index (χ0) is 22.0. The average molecular weight is 442 g/mol. The topological polar surface area (TPSA) is 69.7 Å². The summed E-state index contributed by atoms with van der Waals surface area (Å²) in [5, 5.41) is 3.19. The third-order valence-corrected chi connectivity index (χ3v) is 8.41. The van der Waals surface area contributed by atoms with E-state index in [-0.39, 0.29) is 11.9 Å². The molecule has 2 aliphatic rings. The number of carbonyl (C=O) groups excluding carboxylic acids is 1. The van der Waals surface area contributed by atoms with Gasteiger partial charge in [-0.25, -0.2) is 8.42 Å². The van der Waals surface area contributed by atoms with Crippen LogP contribution in [0.5, 0.6) is 0 Å². The van der Waals surface area contributed by atoms with Crippen molar-refractivity contribution in [2.24, 2.45) is 0 Å². The fourth-order valence-corrected chi connectivity index (χ4v) is 6.01. The second-order valence-corrected chi connectivity index (χ2v) is 10.6. The average Bonchev–Trinajstić information content (AvgIpc) is 2.76. The van der Waals surface area contributed by atoms with E-state index in [0.29, 0.717) is 37.6 Å². The summed E-state index contributed by atoms with van der Waals surface area (Å²) in [5.74, 6) is 0.00664. The number of nitrogens with one attached hydrogen (secondary N) is 1. The third-order valence-electron chi connectivity index (χ3n) is 6.52. The van der Waals surface area contributed by atoms with Crippen molar-refractivity contribution in [2.75, 3.05) is 32.7 Å². The van der Waals surface area contributed by atoms with E-state index in [1.807, 2.05) is 30.9 Å². The van der Waals surface area contributed by atoms with E-state index in [9.17, 15) is 13.2 Å². The second-order valence-electron chi connectivity index (χ2n) is 8.64. The van der Waals surface area contributed by atoms with Crippen molar-refractivity contribution in [1.29, 1.82) is 0 Å². The molecule has 1 saturated heterocycles. The first-order valence-corrected chi connectivity index (χ1v) is 12.5. The third kappa shape index (κ3) is 4.84. The summed E-state index contributed by atoms with van der Waals surface area (Å²) in [6, 6.07) is 13.7. The lowest BCUT2D eigenvalue weighted by Crippen LogP contribution is -2.51. The number of aryl methyl sites for hydroxylation is 3. The minimum absolute atomic E-state index is 0.00664. The summed E-state index contributed by atoms with van der Waals surface area (Å²) >= 11 is 0. The van der Waals surface area contributed by atoms with Crippen LogP contribution in [0.25, 0.3) is 0 Å². The van der Waals surface area contributed by atoms with Gasteiger partial charge in [0.15, 0.2) is 0 Å². The minimum atomic E-state index is -3.50. The van der Waals surface area contributed by atoms with Crippen molar-refractivity contribution in [3.63, 3.8) is 0 Å². The van der Waals surface area contributed by atoms with Crippen molar-refractivity contribution in [1.82, 2.24) is 14.5 Å². The Kier molecular flexibility index (Phi) is 6.46. The fraction of sp³-hybridized carbons (Fsp3) is 0.458. The molecule has 1 fully saturated rings. The van der Waals surface area contributed by atoms with Crippen LogP contribution in [0.4, 0.5) is 0 Å². The van der Waals surface area contributed by atoms with Crippen molar-refractivity contribution < 1.29 is 13.2 Å². The van der Waals surface area contributed by atoms with Crippen LogP contribution in [0.1, 0.15) is 41.1 Å². The Morgan fingerprint density at radius 3 is 2.52 bits per heavy atom. The van der Waals surface area contributed by atoms with Crippen molar-refractivity contribution in [3.8, 4) is 0 Å². The van der Waals surface area contributed by atoms with Crippen LogP contribution >= 0.6 is 0 Å². The first kappa shape index (κ1) is 22.0. The molecule has 0 radical (unpaired) electrons. The summed E-state index contributed by atoms with van der Waals surface area (Å²) in [5.41, 5.74) is 4.60. The molecule has 0 saturated carbocycles. The Morgan fingerprint density at radius 1 is 1.03 bits per heavy atom. The van der Waals surface area contributed by atoms with Crippen LogP contribution in [0.2, 0.25) is 0 Å².